The second-order valence-corrected chi connectivity index (χ2v) is 10.1. The van der Waals surface area contributed by atoms with Crippen LogP contribution >= 0.6 is 39.3 Å². The molecule has 35 heavy (non-hydrogen) atoms. The van der Waals surface area contributed by atoms with Crippen LogP contribution in [0.15, 0.2) is 64.0 Å². The molecule has 1 aliphatic heterocycles. The summed E-state index contributed by atoms with van der Waals surface area (Å²) in [7, 11) is 0. The van der Waals surface area contributed by atoms with Crippen LogP contribution in [0.3, 0.4) is 0 Å². The van der Waals surface area contributed by atoms with E-state index >= 15 is 0 Å². The molecule has 4 rings (SSSR count). The minimum absolute atomic E-state index is 0.242. The van der Waals surface area contributed by atoms with Crippen molar-refractivity contribution in [3.63, 3.8) is 0 Å². The van der Waals surface area contributed by atoms with Crippen LogP contribution in [-0.4, -0.2) is 35.1 Å². The van der Waals surface area contributed by atoms with E-state index in [-0.39, 0.29) is 4.91 Å². The van der Waals surface area contributed by atoms with Gasteiger partial charge in [0.15, 0.2) is 0 Å². The van der Waals surface area contributed by atoms with Crippen LogP contribution in [0.25, 0.3) is 16.8 Å². The van der Waals surface area contributed by atoms with Gasteiger partial charge in [0, 0.05) is 15.7 Å². The number of halogens is 2. The molecule has 0 radical (unpaired) electrons. The van der Waals surface area contributed by atoms with Crippen molar-refractivity contribution in [2.75, 3.05) is 18.5 Å². The van der Waals surface area contributed by atoms with E-state index in [0.29, 0.717) is 27.5 Å². The van der Waals surface area contributed by atoms with Crippen molar-refractivity contribution in [1.29, 1.82) is 0 Å². The van der Waals surface area contributed by atoms with Gasteiger partial charge in [-0.3, -0.25) is 19.3 Å². The maximum atomic E-state index is 13.1. The van der Waals surface area contributed by atoms with Crippen molar-refractivity contribution in [1.82, 2.24) is 4.90 Å². The summed E-state index contributed by atoms with van der Waals surface area (Å²) in [6.45, 7) is 2.24. The predicted octanol–water partition coefficient (Wildman–Crippen LogP) is 7.11. The number of nitrogens with zero attached hydrogens (tertiary/aromatic N) is 1. The molecule has 9 heteroatoms. The van der Waals surface area contributed by atoms with E-state index in [9.17, 15) is 14.4 Å². The van der Waals surface area contributed by atoms with Crippen molar-refractivity contribution >= 4 is 78.9 Å². The van der Waals surface area contributed by atoms with E-state index in [1.54, 1.807) is 24.3 Å². The third-order valence-corrected chi connectivity index (χ3v) is 7.48. The van der Waals surface area contributed by atoms with Crippen LogP contribution < -0.4 is 10.1 Å². The average Bonchev–Trinajstić information content (AvgIpc) is 3.10. The molecule has 180 valence electrons. The second kappa shape index (κ2) is 11.3. The zero-order valence-electron chi connectivity index (χ0n) is 18.8. The van der Waals surface area contributed by atoms with Gasteiger partial charge in [0.2, 0.25) is 5.91 Å². The molecule has 0 aliphatic carbocycles. The lowest BCUT2D eigenvalue weighted by Crippen LogP contribution is -2.36. The Labute approximate surface area is 220 Å². The molecule has 1 saturated heterocycles. The summed E-state index contributed by atoms with van der Waals surface area (Å²) in [4.78, 5) is 39.4. The Morgan fingerprint density at radius 2 is 1.97 bits per heavy atom. The molecule has 3 amide bonds. The third-order valence-electron chi connectivity index (χ3n) is 5.34. The highest BCUT2D eigenvalue weighted by molar-refractivity contribution is 9.10. The Morgan fingerprint density at radius 1 is 1.17 bits per heavy atom. The Morgan fingerprint density at radius 3 is 2.74 bits per heavy atom. The standard InChI is InChI=1S/C26H22BrClN2O4S/c1-2-3-12-34-22-11-8-16-6-4-5-7-18(16)19(22)14-23-25(32)30(26(33)35-23)15-24(31)29-17-9-10-20(27)21(28)13-17/h4-11,13-14H,2-3,12,15H2,1H3,(H,29,31)/b23-14-. The zero-order valence-corrected chi connectivity index (χ0v) is 22.0. The molecule has 6 nitrogen and oxygen atoms in total. The largest absolute Gasteiger partial charge is 0.493 e. The molecule has 1 fully saturated rings. The smallest absolute Gasteiger partial charge is 0.294 e. The normalized spacial score (nSPS) is 14.7. The monoisotopic (exact) mass is 572 g/mol. The van der Waals surface area contributed by atoms with Crippen molar-refractivity contribution in [3.05, 3.63) is 74.6 Å². The lowest BCUT2D eigenvalue weighted by Gasteiger charge is -2.13. The number of fused-ring (bicyclic) bond motifs is 1. The van der Waals surface area contributed by atoms with Gasteiger partial charge in [0.25, 0.3) is 11.1 Å². The Bertz CT molecular complexity index is 1340. The number of anilines is 1. The van der Waals surface area contributed by atoms with Crippen molar-refractivity contribution in [2.24, 2.45) is 0 Å². The Hall–Kier alpha value is -2.81. The first-order valence-electron chi connectivity index (χ1n) is 11.0. The van der Waals surface area contributed by atoms with Crippen LogP contribution in [0.4, 0.5) is 10.5 Å². The van der Waals surface area contributed by atoms with Gasteiger partial charge < -0.3 is 10.1 Å². The van der Waals surface area contributed by atoms with Crippen LogP contribution in [0.5, 0.6) is 5.75 Å². The topological polar surface area (TPSA) is 75.7 Å². The van der Waals surface area contributed by atoms with Crippen LogP contribution in [-0.2, 0) is 9.59 Å². The molecule has 0 spiro atoms. The van der Waals surface area contributed by atoms with Gasteiger partial charge >= 0.3 is 0 Å². The molecule has 1 heterocycles. The van der Waals surface area contributed by atoms with E-state index in [1.165, 1.54) is 0 Å². The minimum atomic E-state index is -0.517. The molecule has 0 aromatic heterocycles. The first kappa shape index (κ1) is 25.3. The van der Waals surface area contributed by atoms with E-state index < -0.39 is 23.6 Å². The van der Waals surface area contributed by atoms with E-state index in [1.807, 2.05) is 36.4 Å². The highest BCUT2D eigenvalue weighted by Crippen LogP contribution is 2.37. The number of unbranched alkanes of at least 4 members (excludes halogenated alkanes) is 1. The lowest BCUT2D eigenvalue weighted by molar-refractivity contribution is -0.127. The summed E-state index contributed by atoms with van der Waals surface area (Å²) in [5.41, 5.74) is 1.20. The van der Waals surface area contributed by atoms with Crippen molar-refractivity contribution in [2.45, 2.75) is 19.8 Å². The number of nitrogens with one attached hydrogen (secondary N) is 1. The van der Waals surface area contributed by atoms with Gasteiger partial charge in [0.1, 0.15) is 12.3 Å². The molecule has 3 aromatic carbocycles. The molecule has 0 saturated carbocycles. The minimum Gasteiger partial charge on any atom is -0.493 e. The van der Waals surface area contributed by atoms with Crippen LogP contribution in [0.1, 0.15) is 25.3 Å². The number of imide groups is 1. The fraction of sp³-hybridized carbons (Fsp3) is 0.192. The average molecular weight is 574 g/mol. The molecule has 0 atom stereocenters. The molecule has 0 bridgehead atoms. The number of hydrogen-bond acceptors (Lipinski definition) is 5. The second-order valence-electron chi connectivity index (χ2n) is 7.85. The molecule has 1 N–H and O–H groups in total. The first-order chi connectivity index (χ1) is 16.9. The maximum Gasteiger partial charge on any atom is 0.294 e. The number of benzene rings is 3. The number of ether oxygens (including phenoxy) is 1. The maximum absolute atomic E-state index is 13.1. The number of carbonyl (C=O) groups is 3. The van der Waals surface area contributed by atoms with Gasteiger partial charge in [-0.05, 0) is 75.2 Å². The summed E-state index contributed by atoms with van der Waals surface area (Å²) in [6.07, 6.45) is 3.58. The molecule has 1 aliphatic rings. The number of carbonyl (C=O) groups excluding carboxylic acids is 3. The molecule has 3 aromatic rings. The number of amides is 3. The first-order valence-corrected chi connectivity index (χ1v) is 13.0. The summed E-state index contributed by atoms with van der Waals surface area (Å²) in [5.74, 6) is -0.370. The summed E-state index contributed by atoms with van der Waals surface area (Å²) in [6, 6.07) is 16.6. The fourth-order valence-electron chi connectivity index (χ4n) is 3.56. The highest BCUT2D eigenvalue weighted by Gasteiger charge is 2.36. The molecule has 0 unspecified atom stereocenters. The SMILES string of the molecule is CCCCOc1ccc2ccccc2c1/C=C1\SC(=O)N(CC(=O)Nc2ccc(Br)c(Cl)c2)C1=O. The van der Waals surface area contributed by atoms with Gasteiger partial charge in [-0.15, -0.1) is 0 Å². The summed E-state index contributed by atoms with van der Waals surface area (Å²) in [5, 5.41) is 4.51. The highest BCUT2D eigenvalue weighted by atomic mass is 79.9. The van der Waals surface area contributed by atoms with E-state index in [0.717, 1.165) is 45.8 Å². The lowest BCUT2D eigenvalue weighted by atomic mass is 10.0. The predicted molar refractivity (Wildman–Crippen MR) is 145 cm³/mol. The number of rotatable bonds is 8. The molecular weight excluding hydrogens is 552 g/mol. The van der Waals surface area contributed by atoms with Crippen LogP contribution in [0.2, 0.25) is 5.02 Å². The zero-order chi connectivity index (χ0) is 24.9. The van der Waals surface area contributed by atoms with Crippen molar-refractivity contribution in [3.8, 4) is 5.75 Å². The number of thioether (sulfide) groups is 1. The number of hydrogen-bond donors (Lipinski definition) is 1. The Kier molecular flexibility index (Phi) is 8.15. The summed E-state index contributed by atoms with van der Waals surface area (Å²) < 4.78 is 6.69. The van der Waals surface area contributed by atoms with Gasteiger partial charge in [-0.1, -0.05) is 55.3 Å². The van der Waals surface area contributed by atoms with Crippen molar-refractivity contribution < 1.29 is 19.1 Å². The molecular formula is C26H22BrClN2O4S. The van der Waals surface area contributed by atoms with Crippen LogP contribution in [0, 0.1) is 0 Å². The fourth-order valence-corrected chi connectivity index (χ4v) is 4.81. The third kappa shape index (κ3) is 5.89. The Balaban J connectivity index is 1.57. The summed E-state index contributed by atoms with van der Waals surface area (Å²) >= 11 is 10.2. The van der Waals surface area contributed by atoms with E-state index in [2.05, 4.69) is 28.2 Å². The quantitative estimate of drug-likeness (QED) is 0.230. The van der Waals surface area contributed by atoms with E-state index in [4.69, 9.17) is 16.3 Å². The van der Waals surface area contributed by atoms with Gasteiger partial charge in [-0.2, -0.15) is 0 Å². The van der Waals surface area contributed by atoms with Gasteiger partial charge in [-0.25, -0.2) is 0 Å². The van der Waals surface area contributed by atoms with Gasteiger partial charge in [0.05, 0.1) is 16.5 Å².